The number of aryl methyl sites for hydroxylation is 1. The fourth-order valence-electron chi connectivity index (χ4n) is 2.46. The van der Waals surface area contributed by atoms with Crippen LogP contribution in [0.3, 0.4) is 0 Å². The molecule has 0 saturated carbocycles. The number of carbonyl (C=O) groups is 2. The Kier molecular flexibility index (Phi) is 7.14. The maximum absolute atomic E-state index is 13.2. The monoisotopic (exact) mass is 357 g/mol. The summed E-state index contributed by atoms with van der Waals surface area (Å²) in [5.41, 5.74) is 8.23. The molecule has 2 aromatic carbocycles. The van der Waals surface area contributed by atoms with Gasteiger partial charge < -0.3 is 16.4 Å². The average molecular weight is 357 g/mol. The molecular weight excluding hydrogens is 333 g/mol. The highest BCUT2D eigenvalue weighted by Gasteiger charge is 2.07. The average Bonchev–Trinajstić information content (AvgIpc) is 2.60. The van der Waals surface area contributed by atoms with Crippen molar-refractivity contribution in [2.45, 2.75) is 39.0 Å². The smallest absolute Gasteiger partial charge is 0.224 e. The van der Waals surface area contributed by atoms with Crippen LogP contribution in [-0.4, -0.2) is 11.8 Å². The predicted molar refractivity (Wildman–Crippen MR) is 102 cm³/mol. The van der Waals surface area contributed by atoms with Crippen LogP contribution in [0.25, 0.3) is 0 Å². The van der Waals surface area contributed by atoms with Gasteiger partial charge >= 0.3 is 0 Å². The van der Waals surface area contributed by atoms with Gasteiger partial charge in [-0.1, -0.05) is 24.1 Å². The lowest BCUT2D eigenvalue weighted by atomic mass is 10.1. The molecule has 6 heteroatoms. The fraction of sp³-hybridized carbons (Fsp3) is 0.300. The van der Waals surface area contributed by atoms with Gasteiger partial charge in [-0.15, -0.1) is 0 Å². The number of nitrogens with two attached hydrogens (primary N) is 1. The van der Waals surface area contributed by atoms with E-state index in [0.717, 1.165) is 17.7 Å². The third-order valence-electron chi connectivity index (χ3n) is 3.93. The van der Waals surface area contributed by atoms with E-state index in [9.17, 15) is 14.0 Å². The second-order valence-electron chi connectivity index (χ2n) is 6.25. The van der Waals surface area contributed by atoms with E-state index < -0.39 is 5.82 Å². The van der Waals surface area contributed by atoms with Crippen molar-refractivity contribution < 1.29 is 14.0 Å². The molecule has 0 unspecified atom stereocenters. The third-order valence-corrected chi connectivity index (χ3v) is 3.93. The van der Waals surface area contributed by atoms with E-state index in [2.05, 4.69) is 10.6 Å². The van der Waals surface area contributed by atoms with Gasteiger partial charge in [-0.3, -0.25) is 9.59 Å². The first-order valence-corrected chi connectivity index (χ1v) is 8.65. The molecule has 0 aromatic heterocycles. The number of amides is 2. The van der Waals surface area contributed by atoms with Crippen LogP contribution in [0.15, 0.2) is 42.5 Å². The van der Waals surface area contributed by atoms with Crippen LogP contribution >= 0.6 is 0 Å². The summed E-state index contributed by atoms with van der Waals surface area (Å²) < 4.78 is 13.2. The molecule has 0 saturated heterocycles. The molecule has 0 heterocycles. The topological polar surface area (TPSA) is 84.2 Å². The molecule has 4 N–H and O–H groups in total. The van der Waals surface area contributed by atoms with E-state index in [1.165, 1.54) is 18.2 Å². The summed E-state index contributed by atoms with van der Waals surface area (Å²) in [5, 5.41) is 5.45. The normalized spacial score (nSPS) is 10.4. The molecule has 2 aromatic rings. The zero-order chi connectivity index (χ0) is 18.9. The summed E-state index contributed by atoms with van der Waals surface area (Å²) in [6.07, 6.45) is 2.82. The summed E-state index contributed by atoms with van der Waals surface area (Å²) in [6, 6.07) is 11.5. The number of hydrogen-bond donors (Lipinski definition) is 3. The van der Waals surface area contributed by atoms with Crippen LogP contribution in [-0.2, 0) is 9.59 Å². The number of hydrogen-bond acceptors (Lipinski definition) is 3. The number of unbranched alkanes of at least 4 members (excludes halogenated alkanes) is 2. The van der Waals surface area contributed by atoms with Crippen LogP contribution in [0.2, 0.25) is 0 Å². The highest BCUT2D eigenvalue weighted by molar-refractivity contribution is 5.93. The Bertz CT molecular complexity index is 760. The highest BCUT2D eigenvalue weighted by Crippen LogP contribution is 2.19. The van der Waals surface area contributed by atoms with E-state index in [4.69, 9.17) is 5.73 Å². The lowest BCUT2D eigenvalue weighted by Gasteiger charge is -2.08. The molecule has 5 nitrogen and oxygen atoms in total. The molecule has 2 rings (SSSR count). The maximum atomic E-state index is 13.2. The molecule has 0 radical (unpaired) electrons. The lowest BCUT2D eigenvalue weighted by molar-refractivity contribution is -0.116. The van der Waals surface area contributed by atoms with Crippen molar-refractivity contribution in [2.24, 2.45) is 0 Å². The number of halogens is 1. The molecule has 0 aliphatic carbocycles. The minimum atomic E-state index is -0.450. The summed E-state index contributed by atoms with van der Waals surface area (Å²) >= 11 is 0. The number of anilines is 3. The van der Waals surface area contributed by atoms with Gasteiger partial charge in [0.05, 0.1) is 11.4 Å². The lowest BCUT2D eigenvalue weighted by Crippen LogP contribution is -2.13. The van der Waals surface area contributed by atoms with E-state index in [-0.39, 0.29) is 17.5 Å². The Morgan fingerprint density at radius 2 is 1.54 bits per heavy atom. The van der Waals surface area contributed by atoms with Gasteiger partial charge in [0.15, 0.2) is 0 Å². The van der Waals surface area contributed by atoms with Crippen LogP contribution in [0.4, 0.5) is 21.5 Å². The molecule has 0 aliphatic rings. The molecular formula is C20H24FN3O2. The van der Waals surface area contributed by atoms with Crippen molar-refractivity contribution in [1.29, 1.82) is 0 Å². The molecule has 2 amide bonds. The highest BCUT2D eigenvalue weighted by atomic mass is 19.1. The fourth-order valence-corrected chi connectivity index (χ4v) is 2.46. The van der Waals surface area contributed by atoms with E-state index in [0.29, 0.717) is 31.4 Å². The van der Waals surface area contributed by atoms with Crippen molar-refractivity contribution in [1.82, 2.24) is 0 Å². The summed E-state index contributed by atoms with van der Waals surface area (Å²) in [7, 11) is 0. The Hall–Kier alpha value is -2.89. The standard InChI is InChI=1S/C20H24FN3O2/c1-14-7-10-16(11-8-14)23-19(25)5-3-2-4-6-20(26)24-18-13-15(21)9-12-17(18)22/h7-13H,2-6,22H2,1H3,(H,23,25)(H,24,26). The van der Waals surface area contributed by atoms with Crippen molar-refractivity contribution in [2.75, 3.05) is 16.4 Å². The number of benzene rings is 2. The summed E-state index contributed by atoms with van der Waals surface area (Å²) in [6.45, 7) is 1.99. The van der Waals surface area contributed by atoms with Gasteiger partial charge in [-0.25, -0.2) is 4.39 Å². The molecule has 138 valence electrons. The number of nitrogen functional groups attached to an aromatic ring is 1. The zero-order valence-electron chi connectivity index (χ0n) is 14.8. The van der Waals surface area contributed by atoms with Crippen LogP contribution < -0.4 is 16.4 Å². The first-order valence-electron chi connectivity index (χ1n) is 8.65. The van der Waals surface area contributed by atoms with Crippen LogP contribution in [0.1, 0.15) is 37.7 Å². The van der Waals surface area contributed by atoms with Crippen LogP contribution in [0, 0.1) is 12.7 Å². The number of carbonyl (C=O) groups excluding carboxylic acids is 2. The second kappa shape index (κ2) is 9.56. The Morgan fingerprint density at radius 3 is 2.19 bits per heavy atom. The predicted octanol–water partition coefficient (Wildman–Crippen LogP) is 4.24. The molecule has 0 aliphatic heterocycles. The zero-order valence-corrected chi connectivity index (χ0v) is 14.8. The van der Waals surface area contributed by atoms with Gasteiger partial charge in [0.1, 0.15) is 5.82 Å². The van der Waals surface area contributed by atoms with Crippen LogP contribution in [0.5, 0.6) is 0 Å². The third kappa shape index (κ3) is 6.55. The first-order chi connectivity index (χ1) is 12.4. The van der Waals surface area contributed by atoms with Gasteiger partial charge in [0.25, 0.3) is 0 Å². The maximum Gasteiger partial charge on any atom is 0.224 e. The summed E-state index contributed by atoms with van der Waals surface area (Å²) in [5.74, 6) is -0.702. The van der Waals surface area contributed by atoms with Gasteiger partial charge in [0.2, 0.25) is 11.8 Å². The molecule has 0 fully saturated rings. The number of nitrogens with one attached hydrogen (secondary N) is 2. The number of rotatable bonds is 8. The summed E-state index contributed by atoms with van der Waals surface area (Å²) in [4.78, 5) is 23.7. The van der Waals surface area contributed by atoms with E-state index >= 15 is 0 Å². The van der Waals surface area contributed by atoms with E-state index in [1.54, 1.807) is 0 Å². The largest absolute Gasteiger partial charge is 0.397 e. The van der Waals surface area contributed by atoms with Crippen molar-refractivity contribution in [3.05, 3.63) is 53.8 Å². The SMILES string of the molecule is Cc1ccc(NC(=O)CCCCCC(=O)Nc2cc(F)ccc2N)cc1. The van der Waals surface area contributed by atoms with Gasteiger partial charge in [0, 0.05) is 18.5 Å². The van der Waals surface area contributed by atoms with Gasteiger partial charge in [-0.2, -0.15) is 0 Å². The molecule has 0 bridgehead atoms. The quantitative estimate of drug-likeness (QED) is 0.488. The minimum absolute atomic E-state index is 0.0363. The van der Waals surface area contributed by atoms with Crippen molar-refractivity contribution in [3.8, 4) is 0 Å². The molecule has 26 heavy (non-hydrogen) atoms. The molecule has 0 atom stereocenters. The van der Waals surface area contributed by atoms with Crippen molar-refractivity contribution in [3.63, 3.8) is 0 Å². The minimum Gasteiger partial charge on any atom is -0.397 e. The second-order valence-corrected chi connectivity index (χ2v) is 6.25. The Balaban J connectivity index is 1.62. The van der Waals surface area contributed by atoms with E-state index in [1.807, 2.05) is 31.2 Å². The van der Waals surface area contributed by atoms with Gasteiger partial charge in [-0.05, 0) is 50.1 Å². The molecule has 0 spiro atoms. The first kappa shape index (κ1) is 19.4. The Labute approximate surface area is 152 Å². The Morgan fingerprint density at radius 1 is 0.923 bits per heavy atom. The van der Waals surface area contributed by atoms with Crippen molar-refractivity contribution >= 4 is 28.9 Å².